The lowest BCUT2D eigenvalue weighted by Gasteiger charge is -2.40. The predicted octanol–water partition coefficient (Wildman–Crippen LogP) is 10.1. The minimum absolute atomic E-state index is 0.715. The van der Waals surface area contributed by atoms with E-state index in [4.69, 9.17) is 0 Å². The highest BCUT2D eigenvalue weighted by Gasteiger charge is 2.37. The maximum Gasteiger partial charge on any atom is 0.158 e. The van der Waals surface area contributed by atoms with E-state index in [1.165, 1.54) is 58.1 Å². The van der Waals surface area contributed by atoms with Gasteiger partial charge < -0.3 is 10.0 Å². The van der Waals surface area contributed by atoms with Gasteiger partial charge in [0.15, 0.2) is 6.23 Å². The van der Waals surface area contributed by atoms with E-state index in [0.29, 0.717) is 0 Å². The Hall–Kier alpha value is -4.09. The first-order valence-electron chi connectivity index (χ1n) is 13.1. The van der Waals surface area contributed by atoms with Crippen LogP contribution in [0.2, 0.25) is 0 Å². The number of benzene rings is 6. The number of anilines is 2. The van der Waals surface area contributed by atoms with Gasteiger partial charge in [-0.2, -0.15) is 0 Å². The van der Waals surface area contributed by atoms with Crippen LogP contribution in [0.4, 0.5) is 10.7 Å². The van der Waals surface area contributed by atoms with Crippen molar-refractivity contribution in [2.24, 2.45) is 0 Å². The zero-order valence-corrected chi connectivity index (χ0v) is 22.4. The first-order chi connectivity index (χ1) is 19.3. The fourth-order valence-corrected chi connectivity index (χ4v) is 8.89. The summed E-state index contributed by atoms with van der Waals surface area (Å²) in [5.74, 6) is 0. The lowest BCUT2D eigenvalue weighted by Crippen LogP contribution is -2.29. The highest BCUT2D eigenvalue weighted by atomic mass is 32.2. The Kier molecular flexibility index (Phi) is 4.45. The van der Waals surface area contributed by atoms with Gasteiger partial charge in [0.05, 0.1) is 5.69 Å². The highest BCUT2D eigenvalue weighted by molar-refractivity contribution is 8.00. The minimum atomic E-state index is -0.715. The number of rotatable bonds is 1. The third-order valence-corrected chi connectivity index (χ3v) is 10.6. The summed E-state index contributed by atoms with van der Waals surface area (Å²) in [5.41, 5.74) is 5.59. The third kappa shape index (κ3) is 2.97. The Morgan fingerprint density at radius 3 is 1.97 bits per heavy atom. The molecule has 0 fully saturated rings. The predicted molar refractivity (Wildman–Crippen MR) is 165 cm³/mol. The van der Waals surface area contributed by atoms with Crippen LogP contribution in [-0.4, -0.2) is 5.11 Å². The fraction of sp³-hybridized carbons (Fsp3) is 0.0286. The summed E-state index contributed by atoms with van der Waals surface area (Å²) in [5, 5.41) is 20.5. The lowest BCUT2D eigenvalue weighted by molar-refractivity contribution is 0.183. The van der Waals surface area contributed by atoms with Crippen LogP contribution >= 0.6 is 23.1 Å². The first-order valence-corrected chi connectivity index (χ1v) is 14.7. The fourth-order valence-electron chi connectivity index (χ4n) is 6.44. The van der Waals surface area contributed by atoms with Crippen LogP contribution < -0.4 is 4.90 Å². The maximum absolute atomic E-state index is 11.6. The zero-order chi connectivity index (χ0) is 25.7. The minimum Gasteiger partial charge on any atom is -0.369 e. The van der Waals surface area contributed by atoms with Crippen molar-refractivity contribution in [1.29, 1.82) is 0 Å². The lowest BCUT2D eigenvalue weighted by atomic mass is 9.92. The van der Waals surface area contributed by atoms with E-state index in [1.54, 1.807) is 11.3 Å². The molecule has 0 saturated carbocycles. The monoisotopic (exact) mass is 535 g/mol. The van der Waals surface area contributed by atoms with E-state index in [0.717, 1.165) is 21.8 Å². The molecule has 4 heteroatoms. The van der Waals surface area contributed by atoms with Gasteiger partial charge in [0, 0.05) is 25.8 Å². The standard InChI is InChI=1S/C35H21NOS2/c37-34-28-13-6-5-12-25(28)27-14-7-15-30-33(27)36(34)35-32(38-30)19-31(39-35)20-16-17-26-23-10-2-1-8-21(23)22-9-3-4-11-24(22)29(26)18-20/h1-19,34,37H. The summed E-state index contributed by atoms with van der Waals surface area (Å²) >= 11 is 3.58. The summed E-state index contributed by atoms with van der Waals surface area (Å²) < 4.78 is 0. The molecule has 0 spiro atoms. The molecule has 0 saturated heterocycles. The van der Waals surface area contributed by atoms with Crippen molar-refractivity contribution in [3.63, 3.8) is 0 Å². The number of fused-ring (bicyclic) bond motifs is 10. The Labute approximate surface area is 233 Å². The summed E-state index contributed by atoms with van der Waals surface area (Å²) in [7, 11) is 0. The molecule has 1 atom stereocenters. The smallest absolute Gasteiger partial charge is 0.158 e. The third-order valence-electron chi connectivity index (χ3n) is 8.16. The van der Waals surface area contributed by atoms with E-state index >= 15 is 0 Å². The number of hydrogen-bond donors (Lipinski definition) is 1. The van der Waals surface area contributed by atoms with E-state index < -0.39 is 6.23 Å². The van der Waals surface area contributed by atoms with Crippen molar-refractivity contribution in [1.82, 2.24) is 0 Å². The van der Waals surface area contributed by atoms with Crippen molar-refractivity contribution in [3.05, 3.63) is 121 Å². The molecule has 2 aliphatic rings. The van der Waals surface area contributed by atoms with Gasteiger partial charge in [-0.1, -0.05) is 109 Å². The zero-order valence-electron chi connectivity index (χ0n) is 20.8. The van der Waals surface area contributed by atoms with E-state index in [9.17, 15) is 5.11 Å². The first kappa shape index (κ1) is 21.8. The molecule has 2 nitrogen and oxygen atoms in total. The molecule has 7 aromatic rings. The van der Waals surface area contributed by atoms with E-state index in [-0.39, 0.29) is 0 Å². The molecule has 1 aromatic heterocycles. The molecule has 0 aliphatic carbocycles. The van der Waals surface area contributed by atoms with Crippen LogP contribution in [0.3, 0.4) is 0 Å². The largest absolute Gasteiger partial charge is 0.369 e. The number of nitrogens with zero attached hydrogens (tertiary/aromatic N) is 1. The summed E-state index contributed by atoms with van der Waals surface area (Å²) in [6.07, 6.45) is -0.715. The topological polar surface area (TPSA) is 23.5 Å². The summed E-state index contributed by atoms with van der Waals surface area (Å²) in [6.45, 7) is 0. The van der Waals surface area contributed by atoms with Crippen molar-refractivity contribution in [2.45, 2.75) is 16.0 Å². The van der Waals surface area contributed by atoms with Gasteiger partial charge in [-0.05, 0) is 61.6 Å². The Bertz CT molecular complexity index is 2110. The van der Waals surface area contributed by atoms with Gasteiger partial charge in [0.2, 0.25) is 0 Å². The molecule has 1 N–H and O–H groups in total. The Balaban J connectivity index is 1.25. The number of aliphatic hydroxyl groups excluding tert-OH is 1. The molecule has 6 aromatic carbocycles. The molecular weight excluding hydrogens is 515 g/mol. The van der Waals surface area contributed by atoms with Crippen molar-refractivity contribution < 1.29 is 5.11 Å². The number of para-hydroxylation sites is 1. The summed E-state index contributed by atoms with van der Waals surface area (Å²) in [6, 6.07) is 41.3. The van der Waals surface area contributed by atoms with Gasteiger partial charge in [-0.25, -0.2) is 0 Å². The maximum atomic E-state index is 11.6. The van der Waals surface area contributed by atoms with Gasteiger partial charge in [0.1, 0.15) is 5.00 Å². The van der Waals surface area contributed by atoms with Gasteiger partial charge >= 0.3 is 0 Å². The second kappa shape index (κ2) is 7.96. The molecule has 0 radical (unpaired) electrons. The van der Waals surface area contributed by atoms with E-state index in [2.05, 4.69) is 108 Å². The number of aliphatic hydroxyl groups is 1. The molecule has 39 heavy (non-hydrogen) atoms. The van der Waals surface area contributed by atoms with Crippen LogP contribution in [0.5, 0.6) is 0 Å². The van der Waals surface area contributed by atoms with Crippen molar-refractivity contribution in [3.8, 4) is 21.6 Å². The average molecular weight is 536 g/mol. The Morgan fingerprint density at radius 1 is 0.564 bits per heavy atom. The molecule has 184 valence electrons. The molecule has 9 rings (SSSR count). The van der Waals surface area contributed by atoms with Crippen molar-refractivity contribution >= 4 is 66.1 Å². The van der Waals surface area contributed by atoms with Crippen LogP contribution in [0.25, 0.3) is 53.9 Å². The highest BCUT2D eigenvalue weighted by Crippen LogP contribution is 2.60. The molecule has 0 bridgehead atoms. The number of hydrogen-bond acceptors (Lipinski definition) is 4. The van der Waals surface area contributed by atoms with Crippen molar-refractivity contribution in [2.75, 3.05) is 4.90 Å². The van der Waals surface area contributed by atoms with Gasteiger partial charge in [-0.3, -0.25) is 0 Å². The Morgan fingerprint density at radius 2 is 1.21 bits per heavy atom. The molecular formula is C35H21NOS2. The van der Waals surface area contributed by atoms with Gasteiger partial charge in [-0.15, -0.1) is 11.3 Å². The number of thiophene rings is 1. The van der Waals surface area contributed by atoms with E-state index in [1.807, 2.05) is 23.9 Å². The average Bonchev–Trinajstić information content (AvgIpc) is 3.43. The van der Waals surface area contributed by atoms with Crippen LogP contribution in [0.1, 0.15) is 11.8 Å². The molecule has 3 heterocycles. The summed E-state index contributed by atoms with van der Waals surface area (Å²) in [4.78, 5) is 5.75. The normalized spacial score (nSPS) is 15.4. The molecule has 0 amide bonds. The van der Waals surface area contributed by atoms with Gasteiger partial charge in [0.25, 0.3) is 0 Å². The quantitative estimate of drug-likeness (QED) is 0.212. The van der Waals surface area contributed by atoms with Crippen LogP contribution in [0, 0.1) is 0 Å². The molecule has 1 unspecified atom stereocenters. The molecule has 2 aliphatic heterocycles. The second-order valence-corrected chi connectivity index (χ2v) is 12.3. The SMILES string of the molecule is OC1c2ccccc2-c2cccc3c2N1c1sc(-c2ccc4c5ccccc5c5ccccc5c4c2)cc1S3. The second-order valence-electron chi connectivity index (χ2n) is 10.2. The van der Waals surface area contributed by atoms with Crippen LogP contribution in [0.15, 0.2) is 125 Å². The van der Waals surface area contributed by atoms with Crippen LogP contribution in [-0.2, 0) is 0 Å².